The van der Waals surface area contributed by atoms with Gasteiger partial charge in [-0.05, 0) is 12.1 Å². The molecule has 2 rings (SSSR count). The number of halogens is 3. The molecule has 122 valence electrons. The summed E-state index contributed by atoms with van der Waals surface area (Å²) < 4.78 is 37.5. The summed E-state index contributed by atoms with van der Waals surface area (Å²) in [6, 6.07) is 4.64. The van der Waals surface area contributed by atoms with Gasteiger partial charge in [0.2, 0.25) is 11.8 Å². The van der Waals surface area contributed by atoms with E-state index in [1.54, 1.807) is 5.38 Å². The maximum atomic E-state index is 12.5. The van der Waals surface area contributed by atoms with E-state index in [9.17, 15) is 22.8 Å². The van der Waals surface area contributed by atoms with E-state index in [1.807, 2.05) is 0 Å². The number of nitrogens with one attached hydrogen (secondary N) is 2. The second-order valence-corrected chi connectivity index (χ2v) is 5.48. The van der Waals surface area contributed by atoms with Gasteiger partial charge in [-0.3, -0.25) is 20.4 Å². The maximum absolute atomic E-state index is 12.5. The summed E-state index contributed by atoms with van der Waals surface area (Å²) in [5.74, 6) is -0.841. The van der Waals surface area contributed by atoms with E-state index in [2.05, 4.69) is 15.8 Å². The number of carbonyl (C=O) groups is 2. The van der Waals surface area contributed by atoms with Gasteiger partial charge >= 0.3 is 6.18 Å². The van der Waals surface area contributed by atoms with Crippen LogP contribution in [-0.2, 0) is 22.2 Å². The number of hydrazine groups is 1. The van der Waals surface area contributed by atoms with Gasteiger partial charge in [-0.2, -0.15) is 13.2 Å². The molecule has 9 heteroatoms. The monoisotopic (exact) mass is 343 g/mol. The van der Waals surface area contributed by atoms with Crippen molar-refractivity contribution >= 4 is 23.2 Å². The molecule has 1 heterocycles. The van der Waals surface area contributed by atoms with Crippen LogP contribution in [0.3, 0.4) is 0 Å². The average molecular weight is 343 g/mol. The van der Waals surface area contributed by atoms with Gasteiger partial charge in [0.1, 0.15) is 5.01 Å². The minimum absolute atomic E-state index is 0.0442. The number of nitrogens with zero attached hydrogens (tertiary/aromatic N) is 1. The van der Waals surface area contributed by atoms with Gasteiger partial charge in [-0.15, -0.1) is 11.3 Å². The van der Waals surface area contributed by atoms with Crippen LogP contribution >= 0.6 is 11.3 Å². The van der Waals surface area contributed by atoms with Gasteiger partial charge < -0.3 is 0 Å². The zero-order valence-corrected chi connectivity index (χ0v) is 12.7. The van der Waals surface area contributed by atoms with Gasteiger partial charge in [-0.1, -0.05) is 12.1 Å². The molecule has 2 aromatic rings. The number of hydrogen-bond donors (Lipinski definition) is 2. The molecule has 2 amide bonds. The molecule has 0 fully saturated rings. The Morgan fingerprint density at radius 2 is 1.83 bits per heavy atom. The smallest absolute Gasteiger partial charge is 0.274 e. The number of hydrogen-bond acceptors (Lipinski definition) is 4. The van der Waals surface area contributed by atoms with Crippen LogP contribution in [-0.4, -0.2) is 16.8 Å². The SMILES string of the molecule is CC(=O)NNC(=O)Cc1csc(-c2ccc(C(F)(F)F)cc2)n1. The molecule has 2 N–H and O–H groups in total. The highest BCUT2D eigenvalue weighted by atomic mass is 32.1. The molecule has 0 spiro atoms. The van der Waals surface area contributed by atoms with Crippen LogP contribution in [0, 0.1) is 0 Å². The quantitative estimate of drug-likeness (QED) is 0.842. The Morgan fingerprint density at radius 3 is 2.39 bits per heavy atom. The zero-order valence-electron chi connectivity index (χ0n) is 11.9. The largest absolute Gasteiger partial charge is 0.416 e. The van der Waals surface area contributed by atoms with Gasteiger partial charge in [0.15, 0.2) is 0 Å². The number of rotatable bonds is 3. The molecule has 0 saturated carbocycles. The van der Waals surface area contributed by atoms with Crippen molar-refractivity contribution in [2.45, 2.75) is 19.5 Å². The van der Waals surface area contributed by atoms with Crippen LogP contribution in [0.5, 0.6) is 0 Å². The minimum atomic E-state index is -4.38. The summed E-state index contributed by atoms with van der Waals surface area (Å²) in [6.07, 6.45) is -4.42. The molecule has 0 aliphatic heterocycles. The topological polar surface area (TPSA) is 71.1 Å². The molecule has 0 unspecified atom stereocenters. The number of carbonyl (C=O) groups excluding carboxylic acids is 2. The van der Waals surface area contributed by atoms with Crippen LogP contribution in [0.25, 0.3) is 10.6 Å². The van der Waals surface area contributed by atoms with Crippen molar-refractivity contribution < 1.29 is 22.8 Å². The van der Waals surface area contributed by atoms with Crippen molar-refractivity contribution in [3.63, 3.8) is 0 Å². The van der Waals surface area contributed by atoms with Crippen LogP contribution < -0.4 is 10.9 Å². The Balaban J connectivity index is 2.04. The summed E-state index contributed by atoms with van der Waals surface area (Å²) >= 11 is 1.22. The molecular formula is C14H12F3N3O2S. The first kappa shape index (κ1) is 16.9. The number of amides is 2. The molecule has 0 aliphatic carbocycles. The van der Waals surface area contributed by atoms with E-state index in [1.165, 1.54) is 30.4 Å². The van der Waals surface area contributed by atoms with E-state index < -0.39 is 23.6 Å². The Hall–Kier alpha value is -2.42. The predicted octanol–water partition coefficient (Wildman–Crippen LogP) is 2.54. The Bertz CT molecular complexity index is 711. The first-order valence-corrected chi connectivity index (χ1v) is 7.31. The average Bonchev–Trinajstić information content (AvgIpc) is 2.93. The summed E-state index contributed by atoms with van der Waals surface area (Å²) in [4.78, 5) is 26.4. The van der Waals surface area contributed by atoms with Gasteiger partial charge in [0.05, 0.1) is 17.7 Å². The Kier molecular flexibility index (Phi) is 4.99. The molecule has 0 bridgehead atoms. The lowest BCUT2D eigenvalue weighted by molar-refractivity contribution is -0.137. The lowest BCUT2D eigenvalue weighted by Crippen LogP contribution is -2.41. The van der Waals surface area contributed by atoms with E-state index >= 15 is 0 Å². The van der Waals surface area contributed by atoms with Gasteiger partial charge in [-0.25, -0.2) is 4.98 Å². The van der Waals surface area contributed by atoms with Crippen molar-refractivity contribution in [3.05, 3.63) is 40.9 Å². The van der Waals surface area contributed by atoms with Crippen LogP contribution in [0.15, 0.2) is 29.6 Å². The summed E-state index contributed by atoms with van der Waals surface area (Å²) in [5.41, 5.74) is 4.63. The molecule has 0 aliphatic rings. The molecule has 0 saturated heterocycles. The lowest BCUT2D eigenvalue weighted by atomic mass is 10.1. The van der Waals surface area contributed by atoms with E-state index in [4.69, 9.17) is 0 Å². The fourth-order valence-electron chi connectivity index (χ4n) is 1.69. The third kappa shape index (κ3) is 4.78. The molecule has 0 atom stereocenters. The molecular weight excluding hydrogens is 331 g/mol. The fourth-order valence-corrected chi connectivity index (χ4v) is 2.51. The lowest BCUT2D eigenvalue weighted by Gasteiger charge is -2.06. The number of benzene rings is 1. The predicted molar refractivity (Wildman–Crippen MR) is 78.2 cm³/mol. The highest BCUT2D eigenvalue weighted by Gasteiger charge is 2.30. The standard InChI is InChI=1S/C14H12F3N3O2S/c1-8(21)19-20-12(22)6-11-7-23-13(18-11)9-2-4-10(5-3-9)14(15,16)17/h2-5,7H,6H2,1H3,(H,19,21)(H,20,22). The van der Waals surface area contributed by atoms with Crippen LogP contribution in [0.2, 0.25) is 0 Å². The Morgan fingerprint density at radius 1 is 1.17 bits per heavy atom. The van der Waals surface area contributed by atoms with Crippen molar-refractivity contribution in [3.8, 4) is 10.6 Å². The van der Waals surface area contributed by atoms with E-state index in [0.29, 0.717) is 16.3 Å². The second kappa shape index (κ2) is 6.78. The number of alkyl halides is 3. The molecule has 1 aromatic carbocycles. The highest BCUT2D eigenvalue weighted by Crippen LogP contribution is 2.31. The summed E-state index contributed by atoms with van der Waals surface area (Å²) in [5, 5.41) is 2.15. The van der Waals surface area contributed by atoms with Crippen LogP contribution in [0.1, 0.15) is 18.2 Å². The molecule has 23 heavy (non-hydrogen) atoms. The third-order valence-corrected chi connectivity index (χ3v) is 3.67. The summed E-state index contributed by atoms with van der Waals surface area (Å²) in [7, 11) is 0. The minimum Gasteiger partial charge on any atom is -0.274 e. The third-order valence-electron chi connectivity index (χ3n) is 2.73. The number of aromatic nitrogens is 1. The van der Waals surface area contributed by atoms with Crippen molar-refractivity contribution in [1.29, 1.82) is 0 Å². The number of thiazole rings is 1. The second-order valence-electron chi connectivity index (χ2n) is 4.63. The fraction of sp³-hybridized carbons (Fsp3) is 0.214. The van der Waals surface area contributed by atoms with Gasteiger partial charge in [0.25, 0.3) is 0 Å². The molecule has 0 radical (unpaired) electrons. The molecule has 5 nitrogen and oxygen atoms in total. The first-order valence-electron chi connectivity index (χ1n) is 6.43. The molecule has 1 aromatic heterocycles. The summed E-state index contributed by atoms with van der Waals surface area (Å²) in [6.45, 7) is 1.26. The van der Waals surface area contributed by atoms with E-state index in [-0.39, 0.29) is 6.42 Å². The van der Waals surface area contributed by atoms with Gasteiger partial charge in [0, 0.05) is 17.9 Å². The van der Waals surface area contributed by atoms with E-state index in [0.717, 1.165) is 12.1 Å². The maximum Gasteiger partial charge on any atom is 0.416 e. The van der Waals surface area contributed by atoms with Crippen molar-refractivity contribution in [2.24, 2.45) is 0 Å². The van der Waals surface area contributed by atoms with Crippen molar-refractivity contribution in [1.82, 2.24) is 15.8 Å². The Labute approximate surface area is 133 Å². The normalized spacial score (nSPS) is 11.1. The van der Waals surface area contributed by atoms with Crippen molar-refractivity contribution in [2.75, 3.05) is 0 Å². The van der Waals surface area contributed by atoms with Crippen LogP contribution in [0.4, 0.5) is 13.2 Å². The zero-order chi connectivity index (χ0) is 17.0. The first-order chi connectivity index (χ1) is 10.8. The highest BCUT2D eigenvalue weighted by molar-refractivity contribution is 7.13.